The van der Waals surface area contributed by atoms with E-state index in [-0.39, 0.29) is 0 Å². The molecule has 1 aliphatic rings. The maximum atomic E-state index is 6.10. The lowest BCUT2D eigenvalue weighted by Gasteiger charge is -2.27. The van der Waals surface area contributed by atoms with Crippen LogP contribution in [-0.2, 0) is 6.42 Å². The van der Waals surface area contributed by atoms with Crippen molar-refractivity contribution in [1.29, 1.82) is 0 Å². The Balaban J connectivity index is 1.87. The van der Waals surface area contributed by atoms with Crippen molar-refractivity contribution in [1.82, 2.24) is 0 Å². The number of benzene rings is 2. The van der Waals surface area contributed by atoms with Gasteiger partial charge in [0.05, 0.1) is 12.6 Å². The predicted molar refractivity (Wildman–Crippen MR) is 84.1 cm³/mol. The molecule has 0 fully saturated rings. The molecule has 1 aliphatic heterocycles. The van der Waals surface area contributed by atoms with Crippen molar-refractivity contribution < 1.29 is 0 Å². The molecule has 2 aromatic carbocycles. The quantitative estimate of drug-likeness (QED) is 0.927. The van der Waals surface area contributed by atoms with Gasteiger partial charge in [-0.3, -0.25) is 4.99 Å². The van der Waals surface area contributed by atoms with E-state index in [0.29, 0.717) is 12.0 Å². The summed E-state index contributed by atoms with van der Waals surface area (Å²) in [6.45, 7) is 2.87. The van der Waals surface area contributed by atoms with E-state index >= 15 is 0 Å². The summed E-state index contributed by atoms with van der Waals surface area (Å²) in [6.07, 6.45) is 0.958. The molecule has 1 heterocycles. The minimum Gasteiger partial charge on any atom is -0.370 e. The molecular formula is C17H19N3. The highest BCUT2D eigenvalue weighted by molar-refractivity contribution is 5.97. The van der Waals surface area contributed by atoms with E-state index in [1.807, 2.05) is 12.1 Å². The third-order valence-electron chi connectivity index (χ3n) is 3.77. The molecule has 0 amide bonds. The lowest BCUT2D eigenvalue weighted by atomic mass is 10.0. The van der Waals surface area contributed by atoms with Crippen LogP contribution in [-0.4, -0.2) is 18.5 Å². The molecule has 1 unspecified atom stereocenters. The summed E-state index contributed by atoms with van der Waals surface area (Å²) in [5.74, 6) is 0.625. The van der Waals surface area contributed by atoms with Gasteiger partial charge < -0.3 is 10.6 Å². The molecule has 1 atom stereocenters. The highest BCUT2D eigenvalue weighted by atomic mass is 15.3. The van der Waals surface area contributed by atoms with Gasteiger partial charge in [0.25, 0.3) is 0 Å². The number of guanidine groups is 1. The van der Waals surface area contributed by atoms with Crippen LogP contribution in [0, 0.1) is 6.92 Å². The summed E-state index contributed by atoms with van der Waals surface area (Å²) < 4.78 is 0. The minimum atomic E-state index is 0.304. The van der Waals surface area contributed by atoms with Crippen molar-refractivity contribution >= 4 is 11.6 Å². The molecule has 2 N–H and O–H groups in total. The van der Waals surface area contributed by atoms with Crippen LogP contribution in [0.4, 0.5) is 5.69 Å². The second-order valence-corrected chi connectivity index (χ2v) is 5.20. The summed E-state index contributed by atoms with van der Waals surface area (Å²) in [5, 5.41) is 0. The Morgan fingerprint density at radius 3 is 2.55 bits per heavy atom. The van der Waals surface area contributed by atoms with Gasteiger partial charge in [-0.2, -0.15) is 0 Å². The number of rotatable bonds is 3. The van der Waals surface area contributed by atoms with Gasteiger partial charge in [-0.1, -0.05) is 48.5 Å². The molecule has 20 heavy (non-hydrogen) atoms. The van der Waals surface area contributed by atoms with Gasteiger partial charge >= 0.3 is 0 Å². The number of aliphatic imine (C=N–C) groups is 1. The number of para-hydroxylation sites is 1. The van der Waals surface area contributed by atoms with Crippen molar-refractivity contribution in [3.05, 3.63) is 65.7 Å². The number of hydrogen-bond acceptors (Lipinski definition) is 3. The Morgan fingerprint density at radius 1 is 1.10 bits per heavy atom. The number of anilines is 1. The van der Waals surface area contributed by atoms with Crippen molar-refractivity contribution in [3.63, 3.8) is 0 Å². The van der Waals surface area contributed by atoms with Crippen LogP contribution in [0.15, 0.2) is 59.6 Å². The van der Waals surface area contributed by atoms with Crippen molar-refractivity contribution in [2.24, 2.45) is 10.7 Å². The molecule has 3 heteroatoms. The van der Waals surface area contributed by atoms with Gasteiger partial charge in [-0.25, -0.2) is 0 Å². The second-order valence-electron chi connectivity index (χ2n) is 5.20. The Bertz CT molecular complexity index is 619. The lowest BCUT2D eigenvalue weighted by molar-refractivity contribution is 0.703. The topological polar surface area (TPSA) is 41.6 Å². The summed E-state index contributed by atoms with van der Waals surface area (Å²) in [6, 6.07) is 19.1. The molecule has 0 aromatic heterocycles. The average molecular weight is 265 g/mol. The first kappa shape index (κ1) is 12.7. The van der Waals surface area contributed by atoms with Gasteiger partial charge in [0.1, 0.15) is 0 Å². The summed E-state index contributed by atoms with van der Waals surface area (Å²) in [4.78, 5) is 6.60. The highest BCUT2D eigenvalue weighted by Crippen LogP contribution is 2.26. The van der Waals surface area contributed by atoms with Gasteiger partial charge in [-0.15, -0.1) is 0 Å². The summed E-state index contributed by atoms with van der Waals surface area (Å²) in [5.41, 5.74) is 9.81. The number of nitrogens with two attached hydrogens (primary N) is 1. The van der Waals surface area contributed by atoms with Crippen LogP contribution in [0.5, 0.6) is 0 Å². The number of aryl methyl sites for hydroxylation is 1. The molecule has 0 saturated heterocycles. The van der Waals surface area contributed by atoms with E-state index in [0.717, 1.165) is 18.7 Å². The largest absolute Gasteiger partial charge is 0.370 e. The van der Waals surface area contributed by atoms with E-state index < -0.39 is 0 Å². The molecule has 2 aromatic rings. The molecule has 0 saturated carbocycles. The van der Waals surface area contributed by atoms with E-state index in [4.69, 9.17) is 5.73 Å². The molecule has 0 spiro atoms. The Kier molecular flexibility index (Phi) is 3.42. The first-order valence-electron chi connectivity index (χ1n) is 6.94. The molecule has 102 valence electrons. The Morgan fingerprint density at radius 2 is 1.80 bits per heavy atom. The van der Waals surface area contributed by atoms with E-state index in [1.54, 1.807) is 0 Å². The lowest BCUT2D eigenvalue weighted by Crippen LogP contribution is -2.42. The van der Waals surface area contributed by atoms with Gasteiger partial charge in [0.2, 0.25) is 0 Å². The van der Waals surface area contributed by atoms with E-state index in [9.17, 15) is 0 Å². The Hall–Kier alpha value is -2.29. The first-order chi connectivity index (χ1) is 9.75. The molecular weight excluding hydrogens is 246 g/mol. The smallest absolute Gasteiger partial charge is 0.196 e. The predicted octanol–water partition coefficient (Wildman–Crippen LogP) is 2.74. The Labute approximate surface area is 119 Å². The standard InChI is InChI=1S/C17H19N3/c1-13-7-5-6-10-16(13)20-15(12-19-17(20)18)11-14-8-3-2-4-9-14/h2-10,15H,11-12H2,1H3,(H2,18,19). The fourth-order valence-electron chi connectivity index (χ4n) is 2.74. The van der Waals surface area contributed by atoms with Crippen molar-refractivity contribution in [2.75, 3.05) is 11.4 Å². The van der Waals surface area contributed by atoms with Crippen LogP contribution in [0.3, 0.4) is 0 Å². The van der Waals surface area contributed by atoms with Gasteiger partial charge in [-0.05, 0) is 30.5 Å². The monoisotopic (exact) mass is 265 g/mol. The molecule has 0 radical (unpaired) electrons. The third-order valence-corrected chi connectivity index (χ3v) is 3.77. The van der Waals surface area contributed by atoms with Crippen LogP contribution in [0.2, 0.25) is 0 Å². The van der Waals surface area contributed by atoms with Crippen LogP contribution in [0.25, 0.3) is 0 Å². The summed E-state index contributed by atoms with van der Waals surface area (Å²) in [7, 11) is 0. The number of nitrogens with zero attached hydrogens (tertiary/aromatic N) is 2. The molecule has 3 nitrogen and oxygen atoms in total. The fraction of sp³-hybridized carbons (Fsp3) is 0.235. The van der Waals surface area contributed by atoms with Crippen LogP contribution in [0.1, 0.15) is 11.1 Å². The number of hydrogen-bond donors (Lipinski definition) is 1. The average Bonchev–Trinajstić information content (AvgIpc) is 2.82. The van der Waals surface area contributed by atoms with Crippen molar-refractivity contribution in [2.45, 2.75) is 19.4 Å². The zero-order valence-electron chi connectivity index (χ0n) is 11.7. The van der Waals surface area contributed by atoms with Crippen LogP contribution < -0.4 is 10.6 Å². The van der Waals surface area contributed by atoms with E-state index in [2.05, 4.69) is 59.3 Å². The van der Waals surface area contributed by atoms with E-state index in [1.165, 1.54) is 11.1 Å². The zero-order valence-corrected chi connectivity index (χ0v) is 11.7. The normalized spacial score (nSPS) is 18.1. The second kappa shape index (κ2) is 5.37. The van der Waals surface area contributed by atoms with Crippen LogP contribution >= 0.6 is 0 Å². The third kappa shape index (κ3) is 2.39. The summed E-state index contributed by atoms with van der Waals surface area (Å²) >= 11 is 0. The fourth-order valence-corrected chi connectivity index (χ4v) is 2.74. The zero-order chi connectivity index (χ0) is 13.9. The van der Waals surface area contributed by atoms with Gasteiger partial charge in [0, 0.05) is 5.69 Å². The van der Waals surface area contributed by atoms with Gasteiger partial charge in [0.15, 0.2) is 5.96 Å². The molecule has 3 rings (SSSR count). The highest BCUT2D eigenvalue weighted by Gasteiger charge is 2.28. The maximum absolute atomic E-state index is 6.10. The molecule has 0 aliphatic carbocycles. The maximum Gasteiger partial charge on any atom is 0.196 e. The van der Waals surface area contributed by atoms with Crippen molar-refractivity contribution in [3.8, 4) is 0 Å². The molecule has 0 bridgehead atoms. The minimum absolute atomic E-state index is 0.304. The SMILES string of the molecule is Cc1ccccc1N1C(N)=NCC1Cc1ccccc1. The first-order valence-corrected chi connectivity index (χ1v) is 6.94.